The van der Waals surface area contributed by atoms with E-state index in [0.717, 1.165) is 43.6 Å². The predicted octanol–water partition coefficient (Wildman–Crippen LogP) is 4.44. The zero-order chi connectivity index (χ0) is 24.5. The molecule has 0 radical (unpaired) electrons. The van der Waals surface area contributed by atoms with Gasteiger partial charge in [0.1, 0.15) is 6.61 Å². The van der Waals surface area contributed by atoms with Gasteiger partial charge in [-0.25, -0.2) is 0 Å². The van der Waals surface area contributed by atoms with Crippen molar-refractivity contribution in [2.24, 2.45) is 11.0 Å². The van der Waals surface area contributed by atoms with Crippen molar-refractivity contribution in [3.8, 4) is 0 Å². The number of ether oxygens (including phenoxy) is 2. The van der Waals surface area contributed by atoms with Gasteiger partial charge in [0.25, 0.3) is 5.91 Å². The van der Waals surface area contributed by atoms with Crippen molar-refractivity contribution in [3.05, 3.63) is 64.7 Å². The number of hydrazone groups is 1. The lowest BCUT2D eigenvalue weighted by atomic mass is 9.82. The van der Waals surface area contributed by atoms with Gasteiger partial charge in [-0.05, 0) is 85.4 Å². The van der Waals surface area contributed by atoms with Crippen LogP contribution in [-0.4, -0.2) is 56.5 Å². The molecular formula is C28H35N3O4. The number of benzene rings is 2. The van der Waals surface area contributed by atoms with Crippen LogP contribution >= 0.6 is 0 Å². The third kappa shape index (κ3) is 7.39. The van der Waals surface area contributed by atoms with Crippen molar-refractivity contribution in [2.45, 2.75) is 44.9 Å². The number of nitrogens with one attached hydrogen (secondary N) is 1. The summed E-state index contributed by atoms with van der Waals surface area (Å²) in [6.45, 7) is 2.75. The lowest BCUT2D eigenvalue weighted by Crippen LogP contribution is -2.24. The summed E-state index contributed by atoms with van der Waals surface area (Å²) in [6, 6.07) is 13.6. The maximum absolute atomic E-state index is 12.8. The molecule has 2 aliphatic rings. The van der Waals surface area contributed by atoms with Crippen molar-refractivity contribution in [3.63, 3.8) is 0 Å². The number of carbonyl (C=O) groups excluding carboxylic acids is 2. The van der Waals surface area contributed by atoms with Crippen LogP contribution in [0.1, 0.15) is 59.2 Å². The van der Waals surface area contributed by atoms with Crippen molar-refractivity contribution < 1.29 is 19.1 Å². The molecule has 1 atom stereocenters. The zero-order valence-corrected chi connectivity index (χ0v) is 20.5. The summed E-state index contributed by atoms with van der Waals surface area (Å²) in [4.78, 5) is 24.8. The Morgan fingerprint density at radius 2 is 1.86 bits per heavy atom. The molecule has 1 N–H and O–H groups in total. The normalized spacial score (nSPS) is 17.7. The first-order valence-electron chi connectivity index (χ1n) is 12.6. The molecule has 0 bridgehead atoms. The van der Waals surface area contributed by atoms with Gasteiger partial charge in [-0.3, -0.25) is 14.6 Å². The molecule has 2 aromatic carbocycles. The number of piperidine rings is 1. The number of fused-ring (bicyclic) bond motifs is 1. The Labute approximate surface area is 207 Å². The molecule has 2 aromatic rings. The van der Waals surface area contributed by atoms with E-state index in [2.05, 4.69) is 27.6 Å². The van der Waals surface area contributed by atoms with Crippen LogP contribution in [0.2, 0.25) is 0 Å². The van der Waals surface area contributed by atoms with Crippen LogP contribution in [0.5, 0.6) is 0 Å². The summed E-state index contributed by atoms with van der Waals surface area (Å²) >= 11 is 0. The highest BCUT2D eigenvalue weighted by Crippen LogP contribution is 2.30. The lowest BCUT2D eigenvalue weighted by molar-refractivity contribution is -0.146. The average molecular weight is 478 g/mol. The number of anilines is 1. The summed E-state index contributed by atoms with van der Waals surface area (Å²) in [5.41, 5.74) is 4.86. The first-order valence-corrected chi connectivity index (χ1v) is 12.6. The van der Waals surface area contributed by atoms with E-state index in [1.807, 2.05) is 36.5 Å². The van der Waals surface area contributed by atoms with Gasteiger partial charge in [-0.1, -0.05) is 18.2 Å². The maximum atomic E-state index is 12.8. The molecule has 35 heavy (non-hydrogen) atoms. The molecular weight excluding hydrogens is 442 g/mol. The zero-order valence-electron chi connectivity index (χ0n) is 20.5. The smallest absolute Gasteiger partial charge is 0.306 e. The predicted molar refractivity (Wildman–Crippen MR) is 137 cm³/mol. The van der Waals surface area contributed by atoms with Crippen molar-refractivity contribution in [1.29, 1.82) is 0 Å². The van der Waals surface area contributed by atoms with Crippen LogP contribution in [-0.2, 0) is 27.1 Å². The SMILES string of the molecule is COCCOC(=O)CC1CCc2cc(NC(=O)c3ccc(/C=N/N4CCCCC4)cc3)ccc2C1. The molecule has 1 unspecified atom stereocenters. The Balaban J connectivity index is 1.28. The molecule has 0 spiro atoms. The first-order chi connectivity index (χ1) is 17.1. The minimum Gasteiger partial charge on any atom is -0.463 e. The number of aryl methyl sites for hydroxylation is 1. The molecule has 0 saturated carbocycles. The number of hydrogen-bond acceptors (Lipinski definition) is 6. The van der Waals surface area contributed by atoms with Crippen LogP contribution < -0.4 is 5.32 Å². The third-order valence-electron chi connectivity index (χ3n) is 6.68. The summed E-state index contributed by atoms with van der Waals surface area (Å²) in [6.07, 6.45) is 8.65. The molecule has 1 saturated heterocycles. The molecule has 7 nitrogen and oxygen atoms in total. The van der Waals surface area contributed by atoms with E-state index in [-0.39, 0.29) is 17.8 Å². The third-order valence-corrected chi connectivity index (χ3v) is 6.68. The molecule has 1 aliphatic carbocycles. The lowest BCUT2D eigenvalue weighted by Gasteiger charge is -2.24. The summed E-state index contributed by atoms with van der Waals surface area (Å²) in [5, 5.41) is 9.68. The summed E-state index contributed by atoms with van der Waals surface area (Å²) in [5.74, 6) is -0.00455. The van der Waals surface area contributed by atoms with Gasteiger partial charge in [0.05, 0.1) is 12.8 Å². The number of amides is 1. The molecule has 186 valence electrons. The fourth-order valence-electron chi connectivity index (χ4n) is 4.68. The molecule has 1 fully saturated rings. The van der Waals surface area contributed by atoms with E-state index in [0.29, 0.717) is 25.2 Å². The average Bonchev–Trinajstić information content (AvgIpc) is 2.88. The second-order valence-electron chi connectivity index (χ2n) is 9.34. The monoisotopic (exact) mass is 477 g/mol. The number of nitrogens with zero attached hydrogens (tertiary/aromatic N) is 2. The maximum Gasteiger partial charge on any atom is 0.306 e. The number of rotatable bonds is 9. The van der Waals surface area contributed by atoms with Gasteiger partial charge in [-0.2, -0.15) is 5.10 Å². The number of methoxy groups -OCH3 is 1. The Hall–Kier alpha value is -3.19. The Morgan fingerprint density at radius 1 is 1.06 bits per heavy atom. The highest BCUT2D eigenvalue weighted by molar-refractivity contribution is 6.04. The van der Waals surface area contributed by atoms with Gasteiger partial charge < -0.3 is 14.8 Å². The van der Waals surface area contributed by atoms with Crippen LogP contribution in [0.4, 0.5) is 5.69 Å². The van der Waals surface area contributed by atoms with Crippen LogP contribution in [0.15, 0.2) is 47.6 Å². The molecule has 7 heteroatoms. The van der Waals surface area contributed by atoms with Gasteiger partial charge in [-0.15, -0.1) is 0 Å². The Kier molecular flexibility index (Phi) is 8.90. The van der Waals surface area contributed by atoms with E-state index in [4.69, 9.17) is 9.47 Å². The molecule has 4 rings (SSSR count). The van der Waals surface area contributed by atoms with Crippen molar-refractivity contribution >= 4 is 23.8 Å². The number of esters is 1. The van der Waals surface area contributed by atoms with Gasteiger partial charge in [0.15, 0.2) is 0 Å². The number of carbonyl (C=O) groups is 2. The number of hydrogen-bond donors (Lipinski definition) is 1. The van der Waals surface area contributed by atoms with Crippen LogP contribution in [0.3, 0.4) is 0 Å². The van der Waals surface area contributed by atoms with E-state index in [9.17, 15) is 9.59 Å². The van der Waals surface area contributed by atoms with Gasteiger partial charge >= 0.3 is 5.97 Å². The Bertz CT molecular complexity index is 1030. The molecule has 0 aromatic heterocycles. The van der Waals surface area contributed by atoms with E-state index in [1.54, 1.807) is 7.11 Å². The van der Waals surface area contributed by atoms with Crippen molar-refractivity contribution in [2.75, 3.05) is 38.7 Å². The Morgan fingerprint density at radius 3 is 2.63 bits per heavy atom. The molecule has 1 aliphatic heterocycles. The van der Waals surface area contributed by atoms with Crippen molar-refractivity contribution in [1.82, 2.24) is 5.01 Å². The second-order valence-corrected chi connectivity index (χ2v) is 9.34. The standard InChI is InChI=1S/C28H35N3O4/c1-34-15-16-35-27(32)18-22-7-10-25-19-26(12-11-24(25)17-22)30-28(33)23-8-5-21(6-9-23)20-29-31-13-3-2-4-14-31/h5-6,8-9,11-12,19-20,22H,2-4,7,10,13-18H2,1H3,(H,30,33)/b29-20+. The fourth-order valence-corrected chi connectivity index (χ4v) is 4.68. The highest BCUT2D eigenvalue weighted by Gasteiger charge is 2.22. The van der Waals surface area contributed by atoms with Gasteiger partial charge in [0, 0.05) is 37.9 Å². The largest absolute Gasteiger partial charge is 0.463 e. The topological polar surface area (TPSA) is 80.2 Å². The van der Waals surface area contributed by atoms with E-state index in [1.165, 1.54) is 30.4 Å². The molecule has 1 heterocycles. The van der Waals surface area contributed by atoms with E-state index < -0.39 is 0 Å². The minimum absolute atomic E-state index is 0.128. The first kappa shape index (κ1) is 24.9. The quantitative estimate of drug-likeness (QED) is 0.328. The summed E-state index contributed by atoms with van der Waals surface area (Å²) < 4.78 is 10.1. The van der Waals surface area contributed by atoms with Gasteiger partial charge in [0.2, 0.25) is 0 Å². The summed E-state index contributed by atoms with van der Waals surface area (Å²) in [7, 11) is 1.59. The van der Waals surface area contributed by atoms with Crippen LogP contribution in [0, 0.1) is 5.92 Å². The molecule has 1 amide bonds. The van der Waals surface area contributed by atoms with E-state index >= 15 is 0 Å². The highest BCUT2D eigenvalue weighted by atomic mass is 16.6. The second kappa shape index (κ2) is 12.5. The fraction of sp³-hybridized carbons (Fsp3) is 0.464. The van der Waals surface area contributed by atoms with Crippen LogP contribution in [0.25, 0.3) is 0 Å². The minimum atomic E-state index is -0.164.